The van der Waals surface area contributed by atoms with Crippen molar-refractivity contribution in [3.63, 3.8) is 0 Å². The normalized spacial score (nSPS) is 10.3. The smallest absolute Gasteiger partial charge is 0.337 e. The Hall–Kier alpha value is -2.09. The van der Waals surface area contributed by atoms with Gasteiger partial charge >= 0.3 is 5.97 Å². The lowest BCUT2D eigenvalue weighted by Crippen LogP contribution is -2.30. The average Bonchev–Trinajstić information content (AvgIpc) is 2.34. The van der Waals surface area contributed by atoms with E-state index in [1.54, 1.807) is 0 Å². The van der Waals surface area contributed by atoms with E-state index in [0.717, 1.165) is 6.07 Å². The molecule has 0 aromatic heterocycles. The van der Waals surface area contributed by atoms with E-state index >= 15 is 0 Å². The Balaban J connectivity index is 3.13. The molecule has 4 nitrogen and oxygen atoms in total. The van der Waals surface area contributed by atoms with Gasteiger partial charge in [-0.1, -0.05) is 13.8 Å². The molecule has 0 aliphatic rings. The second-order valence-electron chi connectivity index (χ2n) is 4.71. The molecular formula is C14H17FN2O2. The van der Waals surface area contributed by atoms with Crippen LogP contribution in [0.5, 0.6) is 0 Å². The molecule has 5 heteroatoms. The van der Waals surface area contributed by atoms with Crippen LogP contribution in [0.2, 0.25) is 0 Å². The summed E-state index contributed by atoms with van der Waals surface area (Å²) in [5.41, 5.74) is 0.386. The molecule has 0 amide bonds. The van der Waals surface area contributed by atoms with E-state index in [1.807, 2.05) is 24.8 Å². The number of carbonyl (C=O) groups is 1. The molecule has 1 aromatic carbocycles. The van der Waals surface area contributed by atoms with Crippen molar-refractivity contribution in [1.82, 2.24) is 0 Å². The van der Waals surface area contributed by atoms with Gasteiger partial charge in [0.1, 0.15) is 5.82 Å². The minimum atomic E-state index is -1.17. The van der Waals surface area contributed by atoms with Gasteiger partial charge in [-0.25, -0.2) is 9.18 Å². The van der Waals surface area contributed by atoms with Crippen LogP contribution in [0.25, 0.3) is 0 Å². The first kappa shape index (κ1) is 15.0. The maximum absolute atomic E-state index is 13.2. The van der Waals surface area contributed by atoms with Crippen LogP contribution in [-0.4, -0.2) is 24.2 Å². The fourth-order valence-corrected chi connectivity index (χ4v) is 1.89. The number of hydrogen-bond donors (Lipinski definition) is 1. The summed E-state index contributed by atoms with van der Waals surface area (Å²) in [6.45, 7) is 5.06. The number of aromatic carboxylic acids is 1. The van der Waals surface area contributed by atoms with Gasteiger partial charge in [0, 0.05) is 13.1 Å². The first-order valence-electron chi connectivity index (χ1n) is 6.10. The molecule has 1 aromatic rings. The molecule has 0 atom stereocenters. The highest BCUT2D eigenvalue weighted by Gasteiger charge is 2.17. The highest BCUT2D eigenvalue weighted by molar-refractivity contribution is 5.94. The van der Waals surface area contributed by atoms with Gasteiger partial charge in [-0.2, -0.15) is 5.26 Å². The number of anilines is 1. The fraction of sp³-hybridized carbons (Fsp3) is 0.429. The van der Waals surface area contributed by atoms with Gasteiger partial charge in [0.15, 0.2) is 0 Å². The van der Waals surface area contributed by atoms with Gasteiger partial charge in [-0.05, 0) is 24.1 Å². The summed E-state index contributed by atoms with van der Waals surface area (Å²) in [6, 6.07) is 5.74. The predicted octanol–water partition coefficient (Wildman–Crippen LogP) is 2.90. The molecule has 0 fully saturated rings. The molecule has 0 heterocycles. The SMILES string of the molecule is CC(C)CN(CCC#N)c1ccc(F)cc1C(=O)O. The Bertz CT molecular complexity index is 495. The minimum absolute atomic E-state index is 0.0708. The topological polar surface area (TPSA) is 64.3 Å². The van der Waals surface area contributed by atoms with E-state index in [9.17, 15) is 9.18 Å². The molecule has 0 radical (unpaired) electrons. The summed E-state index contributed by atoms with van der Waals surface area (Å²) >= 11 is 0. The van der Waals surface area contributed by atoms with E-state index in [2.05, 4.69) is 0 Å². The lowest BCUT2D eigenvalue weighted by atomic mass is 10.1. The third-order valence-electron chi connectivity index (χ3n) is 2.61. The van der Waals surface area contributed by atoms with Gasteiger partial charge < -0.3 is 10.0 Å². The Morgan fingerprint density at radius 2 is 2.21 bits per heavy atom. The lowest BCUT2D eigenvalue weighted by molar-refractivity contribution is 0.0697. The van der Waals surface area contributed by atoms with E-state index in [4.69, 9.17) is 10.4 Å². The first-order chi connectivity index (χ1) is 8.95. The molecule has 102 valence electrons. The fourth-order valence-electron chi connectivity index (χ4n) is 1.89. The number of halogens is 1. The van der Waals surface area contributed by atoms with E-state index in [-0.39, 0.29) is 5.56 Å². The first-order valence-corrected chi connectivity index (χ1v) is 6.10. The summed E-state index contributed by atoms with van der Waals surface area (Å²) in [7, 11) is 0. The lowest BCUT2D eigenvalue weighted by Gasteiger charge is -2.27. The highest BCUT2D eigenvalue weighted by Crippen LogP contribution is 2.23. The maximum atomic E-state index is 13.2. The van der Waals surface area contributed by atoms with Crippen molar-refractivity contribution in [2.24, 2.45) is 5.92 Å². The van der Waals surface area contributed by atoms with Crippen molar-refractivity contribution in [3.05, 3.63) is 29.6 Å². The van der Waals surface area contributed by atoms with E-state index < -0.39 is 11.8 Å². The molecule has 0 unspecified atom stereocenters. The van der Waals surface area contributed by atoms with Gasteiger partial charge in [0.2, 0.25) is 0 Å². The Kier molecular flexibility index (Phi) is 5.31. The van der Waals surface area contributed by atoms with Gasteiger partial charge in [-0.15, -0.1) is 0 Å². The van der Waals surface area contributed by atoms with Gasteiger partial charge in [0.25, 0.3) is 0 Å². The summed E-state index contributed by atoms with van der Waals surface area (Å²) < 4.78 is 13.2. The largest absolute Gasteiger partial charge is 0.478 e. The number of benzene rings is 1. The van der Waals surface area contributed by atoms with Crippen LogP contribution in [0.3, 0.4) is 0 Å². The minimum Gasteiger partial charge on any atom is -0.478 e. The molecule has 0 bridgehead atoms. The van der Waals surface area contributed by atoms with Crippen molar-refractivity contribution in [2.45, 2.75) is 20.3 Å². The molecule has 0 aliphatic carbocycles. The van der Waals surface area contributed by atoms with E-state index in [1.165, 1.54) is 12.1 Å². The van der Waals surface area contributed by atoms with Crippen LogP contribution in [-0.2, 0) is 0 Å². The van der Waals surface area contributed by atoms with Crippen molar-refractivity contribution >= 4 is 11.7 Å². The number of carboxylic acid groups (broad SMARTS) is 1. The zero-order valence-corrected chi connectivity index (χ0v) is 11.1. The molecule has 1 rings (SSSR count). The van der Waals surface area contributed by atoms with Gasteiger partial charge in [0.05, 0.1) is 23.7 Å². The van der Waals surface area contributed by atoms with E-state index in [0.29, 0.717) is 31.1 Å². The van der Waals surface area contributed by atoms with Crippen LogP contribution in [0.4, 0.5) is 10.1 Å². The average molecular weight is 264 g/mol. The highest BCUT2D eigenvalue weighted by atomic mass is 19.1. The quantitative estimate of drug-likeness (QED) is 0.858. The Labute approximate surface area is 112 Å². The summed E-state index contributed by atoms with van der Waals surface area (Å²) in [5, 5.41) is 17.8. The summed E-state index contributed by atoms with van der Waals surface area (Å²) in [4.78, 5) is 13.0. The van der Waals surface area contributed by atoms with Crippen molar-refractivity contribution in [2.75, 3.05) is 18.0 Å². The Morgan fingerprint density at radius 1 is 1.53 bits per heavy atom. The Morgan fingerprint density at radius 3 is 2.74 bits per heavy atom. The number of carboxylic acids is 1. The summed E-state index contributed by atoms with van der Waals surface area (Å²) in [5.74, 6) is -1.43. The number of rotatable bonds is 6. The van der Waals surface area contributed by atoms with Crippen molar-refractivity contribution < 1.29 is 14.3 Å². The summed E-state index contributed by atoms with van der Waals surface area (Å²) in [6.07, 6.45) is 0.295. The third kappa shape index (κ3) is 4.25. The molecule has 0 spiro atoms. The molecule has 19 heavy (non-hydrogen) atoms. The maximum Gasteiger partial charge on any atom is 0.337 e. The van der Waals surface area contributed by atoms with Crippen LogP contribution < -0.4 is 4.90 Å². The van der Waals surface area contributed by atoms with Crippen LogP contribution in [0.15, 0.2) is 18.2 Å². The third-order valence-corrected chi connectivity index (χ3v) is 2.61. The standard InChI is InChI=1S/C14H17FN2O2/c1-10(2)9-17(7-3-6-16)13-5-4-11(15)8-12(13)14(18)19/h4-5,8,10H,3,7,9H2,1-2H3,(H,18,19). The monoisotopic (exact) mass is 264 g/mol. The van der Waals surface area contributed by atoms with Crippen LogP contribution in [0.1, 0.15) is 30.6 Å². The second kappa shape index (κ2) is 6.74. The van der Waals surface area contributed by atoms with Crippen LogP contribution >= 0.6 is 0 Å². The molecule has 0 aliphatic heterocycles. The zero-order chi connectivity index (χ0) is 14.4. The molecule has 0 saturated heterocycles. The molecular weight excluding hydrogens is 247 g/mol. The predicted molar refractivity (Wildman–Crippen MR) is 70.6 cm³/mol. The number of nitriles is 1. The number of nitrogens with zero attached hydrogens (tertiary/aromatic N) is 2. The van der Waals surface area contributed by atoms with Crippen LogP contribution in [0, 0.1) is 23.1 Å². The van der Waals surface area contributed by atoms with Crippen molar-refractivity contribution in [1.29, 1.82) is 5.26 Å². The van der Waals surface area contributed by atoms with Gasteiger partial charge in [-0.3, -0.25) is 0 Å². The second-order valence-corrected chi connectivity index (χ2v) is 4.71. The molecule has 0 saturated carbocycles. The molecule has 1 N–H and O–H groups in total. The zero-order valence-electron chi connectivity index (χ0n) is 11.1. The number of hydrogen-bond acceptors (Lipinski definition) is 3. The van der Waals surface area contributed by atoms with Crippen molar-refractivity contribution in [3.8, 4) is 6.07 Å².